The maximum atomic E-state index is 11.8. The summed E-state index contributed by atoms with van der Waals surface area (Å²) in [5.74, 6) is 11.7. The summed E-state index contributed by atoms with van der Waals surface area (Å²) >= 11 is 0. The average Bonchev–Trinajstić information content (AvgIpc) is 2.18. The predicted molar refractivity (Wildman–Crippen MR) is 55.1 cm³/mol. The monoisotopic (exact) mass is 182 g/mol. The number of carbonyl (C=O) groups excluding carboxylic acids is 1. The molecule has 0 aromatic heterocycles. The summed E-state index contributed by atoms with van der Waals surface area (Å²) in [5.41, 5.74) is 0.846. The van der Waals surface area contributed by atoms with Crippen molar-refractivity contribution >= 4 is 5.78 Å². The molecular formula is C13H10O. The number of hydrogen-bond donors (Lipinski definition) is 0. The van der Waals surface area contributed by atoms with E-state index in [0.29, 0.717) is 6.42 Å². The second-order valence-corrected chi connectivity index (χ2v) is 3.34. The summed E-state index contributed by atoms with van der Waals surface area (Å²) in [6, 6.07) is 0. The Bertz CT molecular complexity index is 429. The Morgan fingerprint density at radius 2 is 2.14 bits per heavy atom. The van der Waals surface area contributed by atoms with Gasteiger partial charge in [0, 0.05) is 12.0 Å². The summed E-state index contributed by atoms with van der Waals surface area (Å²) in [5, 5.41) is 0. The molecule has 0 saturated heterocycles. The molecule has 0 aromatic rings. The zero-order chi connectivity index (χ0) is 9.80. The molecule has 0 fully saturated rings. The molecular weight excluding hydrogens is 172 g/mol. The first kappa shape index (κ1) is 8.85. The fourth-order valence-corrected chi connectivity index (χ4v) is 1.61. The minimum absolute atomic E-state index is 0.0976. The molecule has 2 aliphatic carbocycles. The molecule has 0 heterocycles. The van der Waals surface area contributed by atoms with Crippen LogP contribution in [0.15, 0.2) is 23.8 Å². The fraction of sp³-hybridized carbons (Fsp3) is 0.308. The van der Waals surface area contributed by atoms with Crippen molar-refractivity contribution in [3.05, 3.63) is 23.8 Å². The van der Waals surface area contributed by atoms with Gasteiger partial charge in [-0.1, -0.05) is 29.8 Å². The first-order chi connectivity index (χ1) is 6.88. The fourth-order valence-electron chi connectivity index (χ4n) is 1.61. The van der Waals surface area contributed by atoms with Crippen molar-refractivity contribution in [3.8, 4) is 23.7 Å². The van der Waals surface area contributed by atoms with Gasteiger partial charge in [0.15, 0.2) is 5.78 Å². The van der Waals surface area contributed by atoms with Crippen molar-refractivity contribution in [1.29, 1.82) is 0 Å². The second kappa shape index (κ2) is 3.99. The third-order valence-corrected chi connectivity index (χ3v) is 2.37. The van der Waals surface area contributed by atoms with Gasteiger partial charge < -0.3 is 0 Å². The van der Waals surface area contributed by atoms with E-state index in [2.05, 4.69) is 23.7 Å². The summed E-state index contributed by atoms with van der Waals surface area (Å²) in [6.45, 7) is 0. The first-order valence-corrected chi connectivity index (χ1v) is 4.75. The lowest BCUT2D eigenvalue weighted by molar-refractivity contribution is -0.118. The lowest BCUT2D eigenvalue weighted by Gasteiger charge is -2.15. The highest BCUT2D eigenvalue weighted by Crippen LogP contribution is 2.22. The Morgan fingerprint density at radius 1 is 1.29 bits per heavy atom. The van der Waals surface area contributed by atoms with Crippen molar-refractivity contribution in [3.63, 3.8) is 0 Å². The van der Waals surface area contributed by atoms with E-state index in [1.807, 2.05) is 6.08 Å². The Kier molecular flexibility index (Phi) is 2.52. The van der Waals surface area contributed by atoms with Gasteiger partial charge in [-0.3, -0.25) is 4.79 Å². The zero-order valence-corrected chi connectivity index (χ0v) is 7.84. The number of ketones is 1. The van der Waals surface area contributed by atoms with Gasteiger partial charge in [-0.25, -0.2) is 0 Å². The molecule has 1 unspecified atom stereocenters. The van der Waals surface area contributed by atoms with Gasteiger partial charge in [-0.15, -0.1) is 0 Å². The molecule has 0 spiro atoms. The van der Waals surface area contributed by atoms with Crippen LogP contribution in [-0.4, -0.2) is 5.78 Å². The summed E-state index contributed by atoms with van der Waals surface area (Å²) in [7, 11) is 0. The van der Waals surface area contributed by atoms with Crippen LogP contribution in [0.5, 0.6) is 0 Å². The standard InChI is InChI=1S/C13H10O/c14-13-11-7-4-2-1-3-5-8-12(13)10-6-9-11/h1-2,10-11H,6,8-9H2/b2-1-. The quantitative estimate of drug-likeness (QED) is 0.522. The van der Waals surface area contributed by atoms with E-state index in [1.54, 1.807) is 12.2 Å². The van der Waals surface area contributed by atoms with Gasteiger partial charge in [0.1, 0.15) is 0 Å². The van der Waals surface area contributed by atoms with Crippen LogP contribution in [0, 0.1) is 29.6 Å². The third kappa shape index (κ3) is 1.78. The van der Waals surface area contributed by atoms with E-state index in [4.69, 9.17) is 0 Å². The molecule has 68 valence electrons. The van der Waals surface area contributed by atoms with E-state index in [0.717, 1.165) is 18.4 Å². The maximum absolute atomic E-state index is 11.8. The van der Waals surface area contributed by atoms with Gasteiger partial charge in [0.25, 0.3) is 0 Å². The number of rotatable bonds is 0. The zero-order valence-electron chi connectivity index (χ0n) is 7.84. The predicted octanol–water partition coefficient (Wildman–Crippen LogP) is 1.86. The Balaban J connectivity index is 2.37. The lowest BCUT2D eigenvalue weighted by Crippen LogP contribution is -2.18. The molecule has 0 N–H and O–H groups in total. The minimum Gasteiger partial charge on any atom is -0.293 e. The molecule has 2 aliphatic rings. The van der Waals surface area contributed by atoms with Crippen LogP contribution in [0.3, 0.4) is 0 Å². The van der Waals surface area contributed by atoms with Gasteiger partial charge in [-0.05, 0) is 25.0 Å². The van der Waals surface area contributed by atoms with E-state index in [-0.39, 0.29) is 11.7 Å². The number of carbonyl (C=O) groups is 1. The van der Waals surface area contributed by atoms with Gasteiger partial charge in [0.2, 0.25) is 0 Å². The van der Waals surface area contributed by atoms with Crippen LogP contribution in [0.2, 0.25) is 0 Å². The Labute approximate surface area is 83.9 Å². The topological polar surface area (TPSA) is 17.1 Å². The van der Waals surface area contributed by atoms with Gasteiger partial charge in [-0.2, -0.15) is 0 Å². The van der Waals surface area contributed by atoms with Crippen LogP contribution in [0.25, 0.3) is 0 Å². The molecule has 2 rings (SSSR count). The number of allylic oxidation sites excluding steroid dienone is 4. The molecule has 0 amide bonds. The number of Topliss-reactive ketones (excluding diaryl/α,β-unsaturated/α-hetero) is 1. The highest BCUT2D eigenvalue weighted by molar-refractivity contribution is 6.00. The normalized spacial score (nSPS) is 26.1. The summed E-state index contributed by atoms with van der Waals surface area (Å²) in [4.78, 5) is 11.8. The minimum atomic E-state index is -0.0976. The van der Waals surface area contributed by atoms with Crippen LogP contribution in [0.4, 0.5) is 0 Å². The van der Waals surface area contributed by atoms with Crippen LogP contribution < -0.4 is 0 Å². The van der Waals surface area contributed by atoms with Crippen molar-refractivity contribution in [1.82, 2.24) is 0 Å². The van der Waals surface area contributed by atoms with Crippen molar-refractivity contribution in [2.75, 3.05) is 0 Å². The van der Waals surface area contributed by atoms with Crippen molar-refractivity contribution in [2.45, 2.75) is 19.3 Å². The second-order valence-electron chi connectivity index (χ2n) is 3.34. The maximum Gasteiger partial charge on any atom is 0.174 e. The first-order valence-electron chi connectivity index (χ1n) is 4.75. The van der Waals surface area contributed by atoms with Crippen molar-refractivity contribution in [2.24, 2.45) is 5.92 Å². The van der Waals surface area contributed by atoms with E-state index < -0.39 is 0 Å². The van der Waals surface area contributed by atoms with Crippen LogP contribution >= 0.6 is 0 Å². The molecule has 2 bridgehead atoms. The summed E-state index contributed by atoms with van der Waals surface area (Å²) < 4.78 is 0. The number of hydrogen-bond acceptors (Lipinski definition) is 1. The molecule has 14 heavy (non-hydrogen) atoms. The van der Waals surface area contributed by atoms with E-state index in [1.165, 1.54) is 0 Å². The molecule has 1 atom stereocenters. The van der Waals surface area contributed by atoms with E-state index in [9.17, 15) is 4.79 Å². The SMILES string of the molecule is O=C1C2=CCCC1C#C/C=C\C#CC2. The largest absolute Gasteiger partial charge is 0.293 e. The van der Waals surface area contributed by atoms with Crippen LogP contribution in [0.1, 0.15) is 19.3 Å². The molecule has 1 nitrogen and oxygen atoms in total. The highest BCUT2D eigenvalue weighted by Gasteiger charge is 2.22. The lowest BCUT2D eigenvalue weighted by atomic mass is 9.86. The Hall–Kier alpha value is -1.73. The van der Waals surface area contributed by atoms with Crippen LogP contribution in [-0.2, 0) is 4.79 Å². The van der Waals surface area contributed by atoms with Crippen molar-refractivity contribution < 1.29 is 4.79 Å². The molecule has 1 heteroatoms. The van der Waals surface area contributed by atoms with E-state index >= 15 is 0 Å². The molecule has 0 aliphatic heterocycles. The Morgan fingerprint density at radius 3 is 3.07 bits per heavy atom. The van der Waals surface area contributed by atoms with Gasteiger partial charge >= 0.3 is 0 Å². The third-order valence-electron chi connectivity index (χ3n) is 2.37. The summed E-state index contributed by atoms with van der Waals surface area (Å²) in [6.07, 6.45) is 7.83. The molecule has 0 saturated carbocycles. The van der Waals surface area contributed by atoms with Gasteiger partial charge in [0.05, 0.1) is 5.92 Å². The smallest absolute Gasteiger partial charge is 0.174 e. The average molecular weight is 182 g/mol. The molecule has 0 radical (unpaired) electrons. The molecule has 0 aromatic carbocycles. The number of fused-ring (bicyclic) bond motifs is 2. The highest BCUT2D eigenvalue weighted by atomic mass is 16.1.